The second-order valence-electron chi connectivity index (χ2n) is 7.21. The van der Waals surface area contributed by atoms with E-state index in [1.165, 1.54) is 0 Å². The fourth-order valence-corrected chi connectivity index (χ4v) is 3.44. The van der Waals surface area contributed by atoms with Crippen LogP contribution in [0.2, 0.25) is 0 Å². The third-order valence-corrected chi connectivity index (χ3v) is 5.11. The molecule has 1 aromatic heterocycles. The molecular formula is C19H31N5O2. The summed E-state index contributed by atoms with van der Waals surface area (Å²) in [6.07, 6.45) is 4.01. The minimum atomic E-state index is -0.0275. The number of nitrogens with zero attached hydrogens (tertiary/aromatic N) is 4. The lowest BCUT2D eigenvalue weighted by molar-refractivity contribution is 0.0788. The van der Waals surface area contributed by atoms with Crippen LogP contribution in [0.4, 0.5) is 4.79 Å². The smallest absolute Gasteiger partial charge is 0.317 e. The molecule has 7 heteroatoms. The largest absolute Gasteiger partial charge is 0.376 e. The predicted octanol–water partition coefficient (Wildman–Crippen LogP) is 1.02. The zero-order valence-corrected chi connectivity index (χ0v) is 15.8. The maximum atomic E-state index is 12.7. The number of rotatable bonds is 7. The van der Waals surface area contributed by atoms with Gasteiger partial charge in [-0.05, 0) is 32.0 Å². The van der Waals surface area contributed by atoms with E-state index in [0.717, 1.165) is 57.9 Å². The molecule has 2 aliphatic heterocycles. The monoisotopic (exact) mass is 361 g/mol. The molecule has 2 amide bonds. The number of ether oxygens (including phenoxy) is 1. The maximum Gasteiger partial charge on any atom is 0.317 e. The third kappa shape index (κ3) is 5.93. The van der Waals surface area contributed by atoms with Gasteiger partial charge in [0, 0.05) is 58.6 Å². The fraction of sp³-hybridized carbons (Fsp3) is 0.684. The van der Waals surface area contributed by atoms with Crippen LogP contribution in [0.5, 0.6) is 0 Å². The maximum absolute atomic E-state index is 12.7. The van der Waals surface area contributed by atoms with Crippen molar-refractivity contribution in [3.8, 4) is 0 Å². The summed E-state index contributed by atoms with van der Waals surface area (Å²) in [5, 5.41) is 3.08. The normalized spacial score (nSPS) is 21.7. The van der Waals surface area contributed by atoms with Crippen molar-refractivity contribution in [2.75, 3.05) is 59.5 Å². The van der Waals surface area contributed by atoms with Gasteiger partial charge in [0.2, 0.25) is 0 Å². The number of piperazine rings is 1. The highest BCUT2D eigenvalue weighted by atomic mass is 16.5. The summed E-state index contributed by atoms with van der Waals surface area (Å²) in [6, 6.07) is 5.78. The van der Waals surface area contributed by atoms with Crippen LogP contribution in [0.1, 0.15) is 18.5 Å². The molecule has 1 aromatic rings. The Morgan fingerprint density at radius 3 is 2.88 bits per heavy atom. The zero-order valence-electron chi connectivity index (χ0n) is 15.8. The Hall–Kier alpha value is -1.70. The number of hydrogen-bond acceptors (Lipinski definition) is 5. The lowest BCUT2D eigenvalue weighted by Gasteiger charge is -2.32. The molecule has 2 aliphatic rings. The fourth-order valence-electron chi connectivity index (χ4n) is 3.44. The van der Waals surface area contributed by atoms with Crippen LogP contribution >= 0.6 is 0 Å². The third-order valence-electron chi connectivity index (χ3n) is 5.11. The molecule has 26 heavy (non-hydrogen) atoms. The molecule has 3 heterocycles. The van der Waals surface area contributed by atoms with E-state index < -0.39 is 0 Å². The van der Waals surface area contributed by atoms with Gasteiger partial charge >= 0.3 is 6.03 Å². The average molecular weight is 361 g/mol. The van der Waals surface area contributed by atoms with Crippen LogP contribution in [0.25, 0.3) is 0 Å². The predicted molar refractivity (Wildman–Crippen MR) is 101 cm³/mol. The molecule has 0 bridgehead atoms. The Balaban J connectivity index is 1.48. The number of carbonyl (C=O) groups excluding carboxylic acids is 1. The number of pyridine rings is 1. The number of urea groups is 1. The average Bonchev–Trinajstić information content (AvgIpc) is 3.17. The minimum absolute atomic E-state index is 0.0275. The van der Waals surface area contributed by atoms with E-state index in [0.29, 0.717) is 19.6 Å². The van der Waals surface area contributed by atoms with Crippen LogP contribution in [0.15, 0.2) is 24.4 Å². The van der Waals surface area contributed by atoms with Gasteiger partial charge in [-0.15, -0.1) is 0 Å². The number of amides is 2. The SMILES string of the molecule is CN1CCN(CCNC(=O)N(Cc2ccccn2)CC2CCCO2)CC1. The summed E-state index contributed by atoms with van der Waals surface area (Å²) in [7, 11) is 2.15. The van der Waals surface area contributed by atoms with Gasteiger partial charge in [-0.25, -0.2) is 4.79 Å². The molecule has 0 spiro atoms. The van der Waals surface area contributed by atoms with E-state index in [-0.39, 0.29) is 12.1 Å². The lowest BCUT2D eigenvalue weighted by atomic mass is 10.2. The number of hydrogen-bond donors (Lipinski definition) is 1. The van der Waals surface area contributed by atoms with Crippen molar-refractivity contribution in [1.82, 2.24) is 25.0 Å². The van der Waals surface area contributed by atoms with E-state index in [1.54, 1.807) is 6.20 Å². The topological polar surface area (TPSA) is 60.9 Å². The van der Waals surface area contributed by atoms with E-state index >= 15 is 0 Å². The van der Waals surface area contributed by atoms with E-state index in [9.17, 15) is 4.79 Å². The number of aromatic nitrogens is 1. The van der Waals surface area contributed by atoms with Gasteiger partial charge in [-0.3, -0.25) is 9.88 Å². The molecule has 1 N–H and O–H groups in total. The highest BCUT2D eigenvalue weighted by Crippen LogP contribution is 2.14. The van der Waals surface area contributed by atoms with Crippen molar-refractivity contribution in [3.63, 3.8) is 0 Å². The number of carbonyl (C=O) groups is 1. The first-order valence-corrected chi connectivity index (χ1v) is 9.66. The first kappa shape index (κ1) is 19.1. The second-order valence-corrected chi connectivity index (χ2v) is 7.21. The Morgan fingerprint density at radius 1 is 1.35 bits per heavy atom. The van der Waals surface area contributed by atoms with Gasteiger partial charge in [-0.1, -0.05) is 6.07 Å². The molecule has 3 rings (SSSR count). The van der Waals surface area contributed by atoms with E-state index in [4.69, 9.17) is 4.74 Å². The Kier molecular flexibility index (Phi) is 7.22. The molecule has 1 atom stereocenters. The molecule has 0 saturated carbocycles. The van der Waals surface area contributed by atoms with Gasteiger partial charge in [0.05, 0.1) is 18.3 Å². The summed E-state index contributed by atoms with van der Waals surface area (Å²) in [6.45, 7) is 7.84. The van der Waals surface area contributed by atoms with Gasteiger partial charge in [-0.2, -0.15) is 0 Å². The Bertz CT molecular complexity index is 542. The molecule has 0 aromatic carbocycles. The summed E-state index contributed by atoms with van der Waals surface area (Å²) in [5.74, 6) is 0. The molecular weight excluding hydrogens is 330 g/mol. The van der Waals surface area contributed by atoms with Gasteiger partial charge < -0.3 is 19.9 Å². The van der Waals surface area contributed by atoms with Crippen LogP contribution in [-0.2, 0) is 11.3 Å². The Labute approximate surface area is 156 Å². The minimum Gasteiger partial charge on any atom is -0.376 e. The summed E-state index contributed by atoms with van der Waals surface area (Å²) < 4.78 is 5.73. The number of nitrogens with one attached hydrogen (secondary N) is 1. The molecule has 144 valence electrons. The molecule has 7 nitrogen and oxygen atoms in total. The highest BCUT2D eigenvalue weighted by molar-refractivity contribution is 5.74. The highest BCUT2D eigenvalue weighted by Gasteiger charge is 2.23. The van der Waals surface area contributed by atoms with Gasteiger partial charge in [0.25, 0.3) is 0 Å². The lowest BCUT2D eigenvalue weighted by Crippen LogP contribution is -2.49. The van der Waals surface area contributed by atoms with Crippen molar-refractivity contribution < 1.29 is 9.53 Å². The number of likely N-dealkylation sites (N-methyl/N-ethyl adjacent to an activating group) is 1. The van der Waals surface area contributed by atoms with Crippen molar-refractivity contribution in [2.24, 2.45) is 0 Å². The Morgan fingerprint density at radius 2 is 2.19 bits per heavy atom. The van der Waals surface area contributed by atoms with Crippen molar-refractivity contribution >= 4 is 6.03 Å². The molecule has 0 radical (unpaired) electrons. The molecule has 2 saturated heterocycles. The van der Waals surface area contributed by atoms with Crippen molar-refractivity contribution in [2.45, 2.75) is 25.5 Å². The van der Waals surface area contributed by atoms with Gasteiger partial charge in [0.15, 0.2) is 0 Å². The van der Waals surface area contributed by atoms with Crippen LogP contribution in [0, 0.1) is 0 Å². The first-order chi connectivity index (χ1) is 12.7. The first-order valence-electron chi connectivity index (χ1n) is 9.66. The van der Waals surface area contributed by atoms with E-state index in [2.05, 4.69) is 27.1 Å². The standard InChI is InChI=1S/C19H31N5O2/c1-22-10-12-23(13-11-22)9-8-21-19(25)24(16-18-6-4-14-26-18)15-17-5-2-3-7-20-17/h2-3,5,7,18H,4,6,8-16H2,1H3,(H,21,25). The van der Waals surface area contributed by atoms with Gasteiger partial charge in [0.1, 0.15) is 0 Å². The molecule has 0 aliphatic carbocycles. The molecule has 2 fully saturated rings. The van der Waals surface area contributed by atoms with Crippen molar-refractivity contribution in [1.29, 1.82) is 0 Å². The second kappa shape index (κ2) is 9.85. The summed E-state index contributed by atoms with van der Waals surface area (Å²) in [5.41, 5.74) is 0.903. The van der Waals surface area contributed by atoms with Crippen LogP contribution < -0.4 is 5.32 Å². The van der Waals surface area contributed by atoms with E-state index in [1.807, 2.05) is 23.1 Å². The zero-order chi connectivity index (χ0) is 18.2. The van der Waals surface area contributed by atoms with Crippen LogP contribution in [0.3, 0.4) is 0 Å². The molecule has 1 unspecified atom stereocenters. The quantitative estimate of drug-likeness (QED) is 0.786. The van der Waals surface area contributed by atoms with Crippen LogP contribution in [-0.4, -0.2) is 91.3 Å². The summed E-state index contributed by atoms with van der Waals surface area (Å²) >= 11 is 0. The summed E-state index contributed by atoms with van der Waals surface area (Å²) in [4.78, 5) is 23.7. The van der Waals surface area contributed by atoms with Crippen molar-refractivity contribution in [3.05, 3.63) is 30.1 Å².